The third-order valence-electron chi connectivity index (χ3n) is 3.74. The summed E-state index contributed by atoms with van der Waals surface area (Å²) in [5.74, 6) is -0.483. The minimum Gasteiger partial charge on any atom is -0.466 e. The molecule has 1 atom stereocenters. The monoisotopic (exact) mass is 323 g/mol. The molecule has 0 radical (unpaired) electrons. The molecule has 0 saturated heterocycles. The van der Waals surface area contributed by atoms with Crippen LogP contribution in [-0.2, 0) is 20.7 Å². The van der Waals surface area contributed by atoms with Gasteiger partial charge in [-0.3, -0.25) is 9.59 Å². The van der Waals surface area contributed by atoms with E-state index in [0.29, 0.717) is 24.6 Å². The number of halogens is 1. The number of hydrogen-bond acceptors (Lipinski definition) is 3. The first kappa shape index (κ1) is 16.8. The average Bonchev–Trinajstić information content (AvgIpc) is 3.31. The smallest absolute Gasteiger partial charge is 0.310 e. The lowest BCUT2D eigenvalue weighted by Gasteiger charge is -2.25. The van der Waals surface area contributed by atoms with Crippen LogP contribution in [0.4, 0.5) is 0 Å². The quantitative estimate of drug-likeness (QED) is 0.724. The Labute approximate surface area is 136 Å². The molecule has 0 bridgehead atoms. The fraction of sp³-hybridized carbons (Fsp3) is 0.529. The Morgan fingerprint density at radius 2 is 1.95 bits per heavy atom. The number of benzene rings is 1. The standard InChI is InChI=1S/C17H22ClNO3/c1-3-22-17(21)12(2)11-19(15-8-9-15)16(20)10-13-4-6-14(18)7-5-13/h4-7,12,15H,3,8-11H2,1-2H3. The molecule has 1 aromatic rings. The van der Waals surface area contributed by atoms with Crippen LogP contribution in [0.1, 0.15) is 32.3 Å². The van der Waals surface area contributed by atoms with Crippen LogP contribution in [0.3, 0.4) is 0 Å². The minimum atomic E-state index is -0.297. The first-order chi connectivity index (χ1) is 10.5. The fourth-order valence-corrected chi connectivity index (χ4v) is 2.50. The molecule has 1 saturated carbocycles. The Kier molecular flexibility index (Phi) is 5.83. The molecule has 1 aliphatic rings. The third kappa shape index (κ3) is 4.73. The Morgan fingerprint density at radius 3 is 2.50 bits per heavy atom. The number of ether oxygens (including phenoxy) is 1. The number of nitrogens with zero attached hydrogens (tertiary/aromatic N) is 1. The van der Waals surface area contributed by atoms with Gasteiger partial charge in [0.05, 0.1) is 18.9 Å². The molecule has 0 aliphatic heterocycles. The Bertz CT molecular complexity index is 525. The van der Waals surface area contributed by atoms with Crippen LogP contribution in [0.25, 0.3) is 0 Å². The van der Waals surface area contributed by atoms with Crippen molar-refractivity contribution in [3.05, 3.63) is 34.9 Å². The highest BCUT2D eigenvalue weighted by atomic mass is 35.5. The van der Waals surface area contributed by atoms with E-state index in [4.69, 9.17) is 16.3 Å². The van der Waals surface area contributed by atoms with Crippen LogP contribution >= 0.6 is 11.6 Å². The lowest BCUT2D eigenvalue weighted by molar-refractivity contribution is -0.148. The normalized spacial score (nSPS) is 15.2. The minimum absolute atomic E-state index is 0.0565. The van der Waals surface area contributed by atoms with Crippen molar-refractivity contribution >= 4 is 23.5 Å². The van der Waals surface area contributed by atoms with Crippen molar-refractivity contribution in [3.8, 4) is 0 Å². The molecule has 5 heteroatoms. The van der Waals surface area contributed by atoms with Gasteiger partial charge in [-0.1, -0.05) is 30.7 Å². The van der Waals surface area contributed by atoms with Gasteiger partial charge in [-0.05, 0) is 37.5 Å². The van der Waals surface area contributed by atoms with E-state index < -0.39 is 0 Å². The second-order valence-electron chi connectivity index (χ2n) is 5.73. The molecule has 22 heavy (non-hydrogen) atoms. The SMILES string of the molecule is CCOC(=O)C(C)CN(C(=O)Cc1ccc(Cl)cc1)C1CC1. The van der Waals surface area contributed by atoms with Crippen LogP contribution in [-0.4, -0.2) is 36.0 Å². The number of amides is 1. The van der Waals surface area contributed by atoms with Gasteiger partial charge in [0.15, 0.2) is 0 Å². The topological polar surface area (TPSA) is 46.6 Å². The summed E-state index contributed by atoms with van der Waals surface area (Å²) < 4.78 is 5.02. The number of carbonyl (C=O) groups is 2. The summed E-state index contributed by atoms with van der Waals surface area (Å²) in [5, 5.41) is 0.659. The third-order valence-corrected chi connectivity index (χ3v) is 3.99. The van der Waals surface area contributed by atoms with E-state index in [-0.39, 0.29) is 23.8 Å². The number of rotatable bonds is 7. The van der Waals surface area contributed by atoms with E-state index in [1.54, 1.807) is 19.1 Å². The van der Waals surface area contributed by atoms with Gasteiger partial charge in [-0.15, -0.1) is 0 Å². The summed E-state index contributed by atoms with van der Waals surface area (Å²) in [6, 6.07) is 7.57. The zero-order chi connectivity index (χ0) is 16.1. The van der Waals surface area contributed by atoms with Crippen molar-refractivity contribution in [1.29, 1.82) is 0 Å². The summed E-state index contributed by atoms with van der Waals surface area (Å²) >= 11 is 5.86. The van der Waals surface area contributed by atoms with Gasteiger partial charge in [0, 0.05) is 17.6 Å². The average molecular weight is 324 g/mol. The molecule has 0 N–H and O–H groups in total. The maximum atomic E-state index is 12.5. The number of esters is 1. The predicted octanol–water partition coefficient (Wildman–Crippen LogP) is 3.07. The summed E-state index contributed by atoms with van der Waals surface area (Å²) in [5.41, 5.74) is 0.934. The van der Waals surface area contributed by atoms with Crippen molar-refractivity contribution in [1.82, 2.24) is 4.90 Å². The van der Waals surface area contributed by atoms with E-state index in [9.17, 15) is 9.59 Å². The zero-order valence-electron chi connectivity index (χ0n) is 13.0. The van der Waals surface area contributed by atoms with E-state index in [2.05, 4.69) is 0 Å². The highest BCUT2D eigenvalue weighted by Crippen LogP contribution is 2.28. The largest absolute Gasteiger partial charge is 0.466 e. The van der Waals surface area contributed by atoms with E-state index in [0.717, 1.165) is 18.4 Å². The Balaban J connectivity index is 1.96. The van der Waals surface area contributed by atoms with Crippen molar-refractivity contribution in [2.75, 3.05) is 13.2 Å². The molecule has 0 heterocycles. The van der Waals surface area contributed by atoms with Gasteiger partial charge < -0.3 is 9.64 Å². The van der Waals surface area contributed by atoms with Gasteiger partial charge in [-0.25, -0.2) is 0 Å². The Morgan fingerprint density at radius 1 is 1.32 bits per heavy atom. The predicted molar refractivity (Wildman–Crippen MR) is 85.7 cm³/mol. The van der Waals surface area contributed by atoms with Crippen LogP contribution < -0.4 is 0 Å². The molecule has 0 aromatic heterocycles. The molecular weight excluding hydrogens is 302 g/mol. The molecular formula is C17H22ClNO3. The summed E-state index contributed by atoms with van der Waals surface area (Å²) in [6.07, 6.45) is 2.37. The number of hydrogen-bond donors (Lipinski definition) is 0. The van der Waals surface area contributed by atoms with Gasteiger partial charge in [-0.2, -0.15) is 0 Å². The maximum absolute atomic E-state index is 12.5. The maximum Gasteiger partial charge on any atom is 0.310 e. The highest BCUT2D eigenvalue weighted by Gasteiger charge is 2.34. The second-order valence-corrected chi connectivity index (χ2v) is 6.17. The van der Waals surface area contributed by atoms with E-state index in [1.807, 2.05) is 24.0 Å². The second kappa shape index (κ2) is 7.63. The lowest BCUT2D eigenvalue weighted by Crippen LogP contribution is -2.39. The lowest BCUT2D eigenvalue weighted by atomic mass is 10.1. The fourth-order valence-electron chi connectivity index (χ4n) is 2.37. The molecule has 4 nitrogen and oxygen atoms in total. The van der Waals surface area contributed by atoms with Crippen LogP contribution in [0, 0.1) is 5.92 Å². The van der Waals surface area contributed by atoms with Crippen LogP contribution in [0.2, 0.25) is 5.02 Å². The molecule has 2 rings (SSSR count). The first-order valence-electron chi connectivity index (χ1n) is 7.71. The molecule has 1 aliphatic carbocycles. The molecule has 1 unspecified atom stereocenters. The Hall–Kier alpha value is -1.55. The van der Waals surface area contributed by atoms with E-state index in [1.165, 1.54) is 0 Å². The molecule has 1 fully saturated rings. The van der Waals surface area contributed by atoms with Gasteiger partial charge in [0.2, 0.25) is 5.91 Å². The van der Waals surface area contributed by atoms with Crippen molar-refractivity contribution in [2.24, 2.45) is 5.92 Å². The van der Waals surface area contributed by atoms with Gasteiger partial charge in [0.1, 0.15) is 0 Å². The summed E-state index contributed by atoms with van der Waals surface area (Å²) in [6.45, 7) is 4.39. The number of carbonyl (C=O) groups excluding carboxylic acids is 2. The highest BCUT2D eigenvalue weighted by molar-refractivity contribution is 6.30. The zero-order valence-corrected chi connectivity index (χ0v) is 13.8. The molecule has 1 aromatic carbocycles. The van der Waals surface area contributed by atoms with Crippen molar-refractivity contribution in [3.63, 3.8) is 0 Å². The summed E-state index contributed by atoms with van der Waals surface area (Å²) in [4.78, 5) is 26.1. The molecule has 1 amide bonds. The summed E-state index contributed by atoms with van der Waals surface area (Å²) in [7, 11) is 0. The van der Waals surface area contributed by atoms with Crippen LogP contribution in [0.15, 0.2) is 24.3 Å². The first-order valence-corrected chi connectivity index (χ1v) is 8.09. The van der Waals surface area contributed by atoms with Crippen LogP contribution in [0.5, 0.6) is 0 Å². The van der Waals surface area contributed by atoms with Crippen molar-refractivity contribution in [2.45, 2.75) is 39.2 Å². The molecule has 0 spiro atoms. The molecule has 120 valence electrons. The van der Waals surface area contributed by atoms with Gasteiger partial charge >= 0.3 is 5.97 Å². The van der Waals surface area contributed by atoms with E-state index >= 15 is 0 Å². The van der Waals surface area contributed by atoms with Crippen molar-refractivity contribution < 1.29 is 14.3 Å². The van der Waals surface area contributed by atoms with Gasteiger partial charge in [0.25, 0.3) is 0 Å².